The molecule has 1 saturated heterocycles. The Hall–Kier alpha value is -4.46. The van der Waals surface area contributed by atoms with Crippen molar-refractivity contribution in [3.63, 3.8) is 0 Å². The van der Waals surface area contributed by atoms with Crippen molar-refractivity contribution < 1.29 is 32.4 Å². The van der Waals surface area contributed by atoms with Crippen LogP contribution in [0.15, 0.2) is 53.5 Å². The molecule has 4 aromatic rings. The first kappa shape index (κ1) is 28.5. The first-order chi connectivity index (χ1) is 18.9. The van der Waals surface area contributed by atoms with E-state index in [1.807, 2.05) is 6.07 Å². The van der Waals surface area contributed by atoms with Crippen LogP contribution in [-0.4, -0.2) is 64.7 Å². The predicted molar refractivity (Wildman–Crippen MR) is 138 cm³/mol. The van der Waals surface area contributed by atoms with Crippen molar-refractivity contribution in [3.8, 4) is 5.69 Å². The summed E-state index contributed by atoms with van der Waals surface area (Å²) in [5, 5.41) is 12.4. The highest BCUT2D eigenvalue weighted by molar-refractivity contribution is 5.76. The summed E-state index contributed by atoms with van der Waals surface area (Å²) in [6, 6.07) is 12.4. The van der Waals surface area contributed by atoms with Crippen LogP contribution in [0.2, 0.25) is 0 Å². The second kappa shape index (κ2) is 11.3. The molecule has 40 heavy (non-hydrogen) atoms. The molecule has 212 valence electrons. The van der Waals surface area contributed by atoms with Crippen LogP contribution < -0.4 is 25.8 Å². The predicted octanol–water partition coefficient (Wildman–Crippen LogP) is 0.944. The van der Waals surface area contributed by atoms with E-state index in [1.165, 1.54) is 28.2 Å². The number of aromatic nitrogens is 4. The number of piperazine rings is 1. The maximum absolute atomic E-state index is 14.3. The molecule has 0 aliphatic carbocycles. The zero-order valence-corrected chi connectivity index (χ0v) is 21.9. The van der Waals surface area contributed by atoms with E-state index in [-0.39, 0.29) is 11.2 Å². The van der Waals surface area contributed by atoms with E-state index < -0.39 is 18.0 Å². The van der Waals surface area contributed by atoms with Gasteiger partial charge in [0, 0.05) is 24.6 Å². The van der Waals surface area contributed by atoms with Crippen LogP contribution in [0.5, 0.6) is 0 Å². The number of halogens is 4. The van der Waals surface area contributed by atoms with Crippen molar-refractivity contribution in [2.45, 2.75) is 13.1 Å². The molecule has 2 N–H and O–H groups in total. The van der Waals surface area contributed by atoms with E-state index in [9.17, 15) is 22.4 Å². The molecule has 0 radical (unpaired) electrons. The molecule has 0 amide bonds. The summed E-state index contributed by atoms with van der Waals surface area (Å²) >= 11 is 0. The quantitative estimate of drug-likeness (QED) is 0.357. The number of para-hydroxylation sites is 1. The number of fused-ring (bicyclic) bond motifs is 1. The van der Waals surface area contributed by atoms with Crippen LogP contribution in [-0.2, 0) is 11.8 Å². The number of carbonyl (C=O) groups excluding carboxylic acids is 1. The van der Waals surface area contributed by atoms with Crippen LogP contribution in [0, 0.1) is 12.7 Å². The summed E-state index contributed by atoms with van der Waals surface area (Å²) in [5.41, 5.74) is 3.53. The molecule has 1 aliphatic heterocycles. The van der Waals surface area contributed by atoms with Crippen molar-refractivity contribution in [2.24, 2.45) is 7.05 Å². The maximum atomic E-state index is 14.3. The molecule has 3 heterocycles. The number of carboxylic acids is 1. The monoisotopic (exact) mass is 561 g/mol. The number of hydrogen-bond donors (Lipinski definition) is 2. The van der Waals surface area contributed by atoms with Gasteiger partial charge in [-0.05, 0) is 42.8 Å². The third-order valence-electron chi connectivity index (χ3n) is 6.52. The summed E-state index contributed by atoms with van der Waals surface area (Å²) in [6.07, 6.45) is -3.71. The van der Waals surface area contributed by atoms with Gasteiger partial charge < -0.3 is 25.0 Å². The highest BCUT2D eigenvalue weighted by Gasteiger charge is 2.28. The molecule has 0 unspecified atom stereocenters. The molecule has 5 rings (SSSR count). The van der Waals surface area contributed by atoms with E-state index >= 15 is 0 Å². The molecule has 2 aromatic carbocycles. The van der Waals surface area contributed by atoms with Crippen molar-refractivity contribution in [1.82, 2.24) is 19.3 Å². The lowest BCUT2D eigenvalue weighted by atomic mass is 10.1. The topological polar surface area (TPSA) is 113 Å². The standard InChI is InChI=1S/C24H26FN7O.C2HF3O2/c1-16-14-17(8-9-20(16)31-12-10-29(2)11-13-31)27-24-26-15-18-22(28-24)30(3)32(23(18)33)21-7-5-4-6-19(21)25;3-2(4,5)1(6)7/h4-9,14-15H,10-13H2,1-3H3,(H,26,27,28);(H,6,7). The molecule has 0 saturated carbocycles. The summed E-state index contributed by atoms with van der Waals surface area (Å²) in [6.45, 7) is 6.48. The average Bonchev–Trinajstić information content (AvgIpc) is 3.14. The molecular weight excluding hydrogens is 534 g/mol. The largest absolute Gasteiger partial charge is 0.542 e. The fourth-order valence-electron chi connectivity index (χ4n) is 4.42. The normalized spacial score (nSPS) is 14.1. The number of aryl methyl sites for hydroxylation is 2. The Kier molecular flexibility index (Phi) is 8.09. The first-order valence-corrected chi connectivity index (χ1v) is 12.3. The molecule has 2 aromatic heterocycles. The third kappa shape index (κ3) is 6.06. The number of nitrogens with zero attached hydrogens (tertiary/aromatic N) is 5. The van der Waals surface area contributed by atoms with E-state index in [4.69, 9.17) is 9.90 Å². The van der Waals surface area contributed by atoms with Gasteiger partial charge in [0.25, 0.3) is 5.56 Å². The lowest BCUT2D eigenvalue weighted by Gasteiger charge is -2.32. The minimum atomic E-state index is -5.19. The van der Waals surface area contributed by atoms with Gasteiger partial charge >= 0.3 is 6.18 Å². The fraction of sp³-hybridized carbons (Fsp3) is 0.308. The SMILES string of the molecule is Cc1cc(Nc2ncc3c(=O)n(-c4ccccc4F)n(C)c3n2)ccc1N1CC[NH+](C)CC1.O=C([O-])C(F)(F)F. The Labute approximate surface area is 226 Å². The lowest BCUT2D eigenvalue weighted by molar-refractivity contribution is -0.880. The van der Waals surface area contributed by atoms with Gasteiger partial charge in [0.2, 0.25) is 5.95 Å². The Bertz CT molecular complexity index is 1590. The zero-order valence-electron chi connectivity index (χ0n) is 21.9. The van der Waals surface area contributed by atoms with Gasteiger partial charge in [-0.15, -0.1) is 0 Å². The van der Waals surface area contributed by atoms with Crippen LogP contribution in [0.3, 0.4) is 0 Å². The Morgan fingerprint density at radius 3 is 2.35 bits per heavy atom. The van der Waals surface area contributed by atoms with Crippen LogP contribution >= 0.6 is 0 Å². The second-order valence-electron chi connectivity index (χ2n) is 9.38. The first-order valence-electron chi connectivity index (χ1n) is 12.3. The number of rotatable bonds is 4. The number of quaternary nitrogens is 1. The number of likely N-dealkylation sites (N-methyl/N-ethyl adjacent to an activating group) is 1. The fourth-order valence-corrected chi connectivity index (χ4v) is 4.42. The van der Waals surface area contributed by atoms with Crippen molar-refractivity contribution >= 4 is 34.3 Å². The Morgan fingerprint density at radius 2 is 1.75 bits per heavy atom. The minimum absolute atomic E-state index is 0.175. The molecule has 1 fully saturated rings. The van der Waals surface area contributed by atoms with Gasteiger partial charge in [-0.2, -0.15) is 18.2 Å². The van der Waals surface area contributed by atoms with Crippen LogP contribution in [0.1, 0.15) is 5.56 Å². The van der Waals surface area contributed by atoms with Gasteiger partial charge in [0.05, 0.1) is 33.2 Å². The van der Waals surface area contributed by atoms with E-state index in [2.05, 4.69) is 46.3 Å². The van der Waals surface area contributed by atoms with Crippen molar-refractivity contribution in [1.29, 1.82) is 0 Å². The number of hydrogen-bond acceptors (Lipinski definition) is 7. The maximum Gasteiger partial charge on any atom is 0.430 e. The summed E-state index contributed by atoms with van der Waals surface area (Å²) < 4.78 is 48.7. The zero-order chi connectivity index (χ0) is 29.2. The highest BCUT2D eigenvalue weighted by Crippen LogP contribution is 2.25. The molecule has 0 bridgehead atoms. The molecule has 0 spiro atoms. The molecule has 14 heteroatoms. The number of carboxylic acid groups (broad SMARTS) is 1. The molecular formula is C26H27F4N7O3. The number of alkyl halides is 3. The van der Waals surface area contributed by atoms with Gasteiger partial charge in [0.1, 0.15) is 22.9 Å². The number of anilines is 3. The van der Waals surface area contributed by atoms with E-state index in [0.29, 0.717) is 17.0 Å². The lowest BCUT2D eigenvalue weighted by Crippen LogP contribution is -3.12. The van der Waals surface area contributed by atoms with Gasteiger partial charge in [-0.25, -0.2) is 14.1 Å². The van der Waals surface area contributed by atoms with Crippen LogP contribution in [0.4, 0.5) is 34.9 Å². The van der Waals surface area contributed by atoms with Crippen molar-refractivity contribution in [2.75, 3.05) is 43.4 Å². The number of carbonyl (C=O) groups is 1. The average molecular weight is 562 g/mol. The number of nitrogens with one attached hydrogen (secondary N) is 2. The summed E-state index contributed by atoms with van der Waals surface area (Å²) in [4.78, 5) is 34.5. The molecule has 0 atom stereocenters. The van der Waals surface area contributed by atoms with E-state index in [0.717, 1.165) is 31.9 Å². The Morgan fingerprint density at radius 1 is 1.10 bits per heavy atom. The van der Waals surface area contributed by atoms with Gasteiger partial charge in [-0.3, -0.25) is 9.48 Å². The van der Waals surface area contributed by atoms with Gasteiger partial charge in [-0.1, -0.05) is 12.1 Å². The van der Waals surface area contributed by atoms with Crippen molar-refractivity contribution in [3.05, 3.63) is 70.4 Å². The second-order valence-corrected chi connectivity index (χ2v) is 9.38. The highest BCUT2D eigenvalue weighted by atomic mass is 19.4. The summed E-state index contributed by atoms with van der Waals surface area (Å²) in [7, 11) is 3.91. The number of benzene rings is 2. The third-order valence-corrected chi connectivity index (χ3v) is 6.52. The number of aliphatic carboxylic acids is 1. The minimum Gasteiger partial charge on any atom is -0.542 e. The van der Waals surface area contributed by atoms with E-state index in [1.54, 1.807) is 34.8 Å². The van der Waals surface area contributed by atoms with Crippen LogP contribution in [0.25, 0.3) is 16.7 Å². The summed E-state index contributed by atoms with van der Waals surface area (Å²) in [5.74, 6) is -3.11. The van der Waals surface area contributed by atoms with Gasteiger partial charge in [0.15, 0.2) is 5.65 Å². The Balaban J connectivity index is 0.000000470. The molecule has 1 aliphatic rings. The smallest absolute Gasteiger partial charge is 0.430 e. The molecule has 10 nitrogen and oxygen atoms in total.